The van der Waals surface area contributed by atoms with E-state index in [1.165, 1.54) is 7.11 Å². The van der Waals surface area contributed by atoms with Crippen molar-refractivity contribution in [3.05, 3.63) is 23.8 Å². The molecular weight excluding hydrogens is 272 g/mol. The van der Waals surface area contributed by atoms with Crippen molar-refractivity contribution in [1.29, 1.82) is 0 Å². The van der Waals surface area contributed by atoms with E-state index in [0.29, 0.717) is 25.3 Å². The van der Waals surface area contributed by atoms with E-state index in [4.69, 9.17) is 10.5 Å². The first kappa shape index (κ1) is 15.3. The summed E-state index contributed by atoms with van der Waals surface area (Å²) in [6.07, 6.45) is 0.290. The lowest BCUT2D eigenvalue weighted by atomic mass is 10.1. The zero-order chi connectivity index (χ0) is 15.4. The first-order chi connectivity index (χ1) is 10.1. The van der Waals surface area contributed by atoms with Crippen molar-refractivity contribution in [2.24, 2.45) is 5.73 Å². The van der Waals surface area contributed by atoms with Crippen LogP contribution in [-0.4, -0.2) is 31.6 Å². The number of methoxy groups -OCH3 is 1. The number of fused-ring (bicyclic) bond motifs is 1. The zero-order valence-corrected chi connectivity index (χ0v) is 12.3. The summed E-state index contributed by atoms with van der Waals surface area (Å²) < 4.78 is 10.2. The van der Waals surface area contributed by atoms with Crippen molar-refractivity contribution in [3.63, 3.8) is 0 Å². The quantitative estimate of drug-likeness (QED) is 0.825. The van der Waals surface area contributed by atoms with Crippen LogP contribution < -0.4 is 15.4 Å². The van der Waals surface area contributed by atoms with Crippen LogP contribution in [0.25, 0.3) is 0 Å². The highest BCUT2D eigenvalue weighted by atomic mass is 16.5. The van der Waals surface area contributed by atoms with Crippen molar-refractivity contribution in [3.8, 4) is 5.75 Å². The van der Waals surface area contributed by atoms with E-state index in [0.717, 1.165) is 11.3 Å². The third-order valence-corrected chi connectivity index (χ3v) is 3.46. The Kier molecular flexibility index (Phi) is 4.80. The average molecular weight is 292 g/mol. The lowest BCUT2D eigenvalue weighted by Crippen LogP contribution is -2.45. The molecule has 6 nitrogen and oxygen atoms in total. The first-order valence-corrected chi connectivity index (χ1v) is 6.94. The van der Waals surface area contributed by atoms with E-state index < -0.39 is 6.10 Å². The number of nitrogens with two attached hydrogens (primary N) is 1. The van der Waals surface area contributed by atoms with Gasteiger partial charge >= 0.3 is 5.97 Å². The maximum atomic E-state index is 12.2. The van der Waals surface area contributed by atoms with Crippen LogP contribution in [0.15, 0.2) is 18.2 Å². The van der Waals surface area contributed by atoms with E-state index >= 15 is 0 Å². The van der Waals surface area contributed by atoms with Crippen LogP contribution in [0.3, 0.4) is 0 Å². The van der Waals surface area contributed by atoms with Gasteiger partial charge in [0.25, 0.3) is 5.91 Å². The Balaban J connectivity index is 2.16. The second-order valence-corrected chi connectivity index (χ2v) is 4.94. The second kappa shape index (κ2) is 6.58. The fraction of sp³-hybridized carbons (Fsp3) is 0.467. The van der Waals surface area contributed by atoms with Gasteiger partial charge in [-0.25, -0.2) is 0 Å². The van der Waals surface area contributed by atoms with Gasteiger partial charge in [-0.3, -0.25) is 9.59 Å². The van der Waals surface area contributed by atoms with Crippen LogP contribution in [0.1, 0.15) is 25.3 Å². The summed E-state index contributed by atoms with van der Waals surface area (Å²) in [6, 6.07) is 5.56. The predicted octanol–water partition coefficient (Wildman–Crippen LogP) is 1.21. The molecule has 1 aromatic carbocycles. The highest BCUT2D eigenvalue weighted by Crippen LogP contribution is 2.35. The minimum Gasteiger partial charge on any atom is -0.479 e. The molecule has 0 saturated heterocycles. The molecule has 0 spiro atoms. The Morgan fingerprint density at radius 3 is 2.90 bits per heavy atom. The Morgan fingerprint density at radius 1 is 1.48 bits per heavy atom. The molecule has 2 N–H and O–H groups in total. The van der Waals surface area contributed by atoms with Crippen LogP contribution in [-0.2, 0) is 20.9 Å². The number of hydrogen-bond donors (Lipinski definition) is 1. The summed E-state index contributed by atoms with van der Waals surface area (Å²) in [6.45, 7) is 2.59. The molecule has 0 fully saturated rings. The van der Waals surface area contributed by atoms with E-state index in [1.54, 1.807) is 11.8 Å². The minimum atomic E-state index is -0.538. The van der Waals surface area contributed by atoms with Crippen LogP contribution in [0, 0.1) is 0 Å². The molecule has 2 rings (SSSR count). The molecular formula is C15H20N2O4. The standard InChI is InChI=1S/C15H20N2O4/c1-10-15(19)17(7-3-4-14(18)20-2)12-6-5-11(9-16)8-13(12)21-10/h5-6,8,10H,3-4,7,9,16H2,1-2H3. The number of nitrogens with zero attached hydrogens (tertiary/aromatic N) is 1. The molecule has 6 heteroatoms. The molecule has 0 aromatic heterocycles. The molecule has 1 amide bonds. The smallest absolute Gasteiger partial charge is 0.305 e. The molecule has 1 aromatic rings. The summed E-state index contributed by atoms with van der Waals surface area (Å²) in [5, 5.41) is 0. The molecule has 0 bridgehead atoms. The number of hydrogen-bond acceptors (Lipinski definition) is 5. The summed E-state index contributed by atoms with van der Waals surface area (Å²) in [5.41, 5.74) is 7.29. The summed E-state index contributed by atoms with van der Waals surface area (Å²) in [7, 11) is 1.36. The Labute approximate surface area is 123 Å². The number of carbonyl (C=O) groups is 2. The van der Waals surface area contributed by atoms with Crippen molar-refractivity contribution in [2.45, 2.75) is 32.4 Å². The number of carbonyl (C=O) groups excluding carboxylic acids is 2. The first-order valence-electron chi connectivity index (χ1n) is 6.94. The number of rotatable bonds is 5. The van der Waals surface area contributed by atoms with Crippen LogP contribution in [0.2, 0.25) is 0 Å². The number of esters is 1. The number of benzene rings is 1. The molecule has 0 saturated carbocycles. The second-order valence-electron chi connectivity index (χ2n) is 4.94. The number of ether oxygens (including phenoxy) is 2. The van der Waals surface area contributed by atoms with Gasteiger partial charge in [0.15, 0.2) is 6.10 Å². The number of amides is 1. The molecule has 0 aliphatic carbocycles. The maximum Gasteiger partial charge on any atom is 0.305 e. The van der Waals surface area contributed by atoms with Crippen molar-refractivity contribution in [2.75, 3.05) is 18.6 Å². The van der Waals surface area contributed by atoms with Gasteiger partial charge in [-0.1, -0.05) is 6.07 Å². The van der Waals surface area contributed by atoms with Crippen molar-refractivity contribution in [1.82, 2.24) is 0 Å². The average Bonchev–Trinajstić information content (AvgIpc) is 2.50. The highest BCUT2D eigenvalue weighted by Gasteiger charge is 2.31. The van der Waals surface area contributed by atoms with Crippen LogP contribution >= 0.6 is 0 Å². The molecule has 1 heterocycles. The van der Waals surface area contributed by atoms with E-state index in [2.05, 4.69) is 4.74 Å². The lowest BCUT2D eigenvalue weighted by Gasteiger charge is -2.33. The molecule has 1 aliphatic heterocycles. The largest absolute Gasteiger partial charge is 0.479 e. The fourth-order valence-corrected chi connectivity index (χ4v) is 2.30. The lowest BCUT2D eigenvalue weighted by molar-refractivity contribution is -0.140. The van der Waals surface area contributed by atoms with Crippen LogP contribution in [0.5, 0.6) is 5.75 Å². The van der Waals surface area contributed by atoms with Gasteiger partial charge in [0, 0.05) is 19.5 Å². The van der Waals surface area contributed by atoms with Gasteiger partial charge < -0.3 is 20.1 Å². The molecule has 1 unspecified atom stereocenters. The van der Waals surface area contributed by atoms with E-state index in [9.17, 15) is 9.59 Å². The minimum absolute atomic E-state index is 0.104. The number of anilines is 1. The van der Waals surface area contributed by atoms with Gasteiger partial charge in [-0.2, -0.15) is 0 Å². The van der Waals surface area contributed by atoms with Crippen molar-refractivity contribution < 1.29 is 19.1 Å². The topological polar surface area (TPSA) is 81.9 Å². The molecule has 1 atom stereocenters. The molecule has 1 aliphatic rings. The highest BCUT2D eigenvalue weighted by molar-refractivity contribution is 5.99. The summed E-state index contributed by atoms with van der Waals surface area (Å²) >= 11 is 0. The maximum absolute atomic E-state index is 12.2. The van der Waals surface area contributed by atoms with Gasteiger partial charge in [0.2, 0.25) is 0 Å². The normalized spacial score (nSPS) is 17.2. The Bertz CT molecular complexity index is 544. The van der Waals surface area contributed by atoms with E-state index in [1.807, 2.05) is 18.2 Å². The summed E-state index contributed by atoms with van der Waals surface area (Å²) in [4.78, 5) is 25.1. The third kappa shape index (κ3) is 3.33. The van der Waals surface area contributed by atoms with Crippen LogP contribution in [0.4, 0.5) is 5.69 Å². The molecule has 114 valence electrons. The Morgan fingerprint density at radius 2 is 2.24 bits per heavy atom. The SMILES string of the molecule is COC(=O)CCCN1C(=O)C(C)Oc2cc(CN)ccc21. The van der Waals surface area contributed by atoms with Gasteiger partial charge in [0.05, 0.1) is 12.8 Å². The molecule has 21 heavy (non-hydrogen) atoms. The van der Waals surface area contributed by atoms with Gasteiger partial charge in [0.1, 0.15) is 5.75 Å². The zero-order valence-electron chi connectivity index (χ0n) is 12.3. The van der Waals surface area contributed by atoms with E-state index in [-0.39, 0.29) is 18.3 Å². The fourth-order valence-electron chi connectivity index (χ4n) is 2.30. The monoisotopic (exact) mass is 292 g/mol. The van der Waals surface area contributed by atoms with Gasteiger partial charge in [-0.05, 0) is 31.0 Å². The molecule has 0 radical (unpaired) electrons. The Hall–Kier alpha value is -2.08. The third-order valence-electron chi connectivity index (χ3n) is 3.46. The summed E-state index contributed by atoms with van der Waals surface area (Å²) in [5.74, 6) is 0.276. The van der Waals surface area contributed by atoms with Crippen molar-refractivity contribution >= 4 is 17.6 Å². The predicted molar refractivity (Wildman–Crippen MR) is 78.0 cm³/mol. The van der Waals surface area contributed by atoms with Gasteiger partial charge in [-0.15, -0.1) is 0 Å².